The van der Waals surface area contributed by atoms with E-state index in [9.17, 15) is 4.79 Å². The van der Waals surface area contributed by atoms with Crippen molar-refractivity contribution in [3.8, 4) is 0 Å². The summed E-state index contributed by atoms with van der Waals surface area (Å²) in [5.74, 6) is -0.327. The first-order valence-corrected chi connectivity index (χ1v) is 7.19. The average molecular weight is 281 g/mol. The third-order valence-electron chi connectivity index (χ3n) is 2.89. The summed E-state index contributed by atoms with van der Waals surface area (Å²) in [6, 6.07) is 3.52. The molecular weight excluding hydrogens is 262 g/mol. The first-order chi connectivity index (χ1) is 8.93. The molecule has 4 nitrogen and oxygen atoms in total. The Morgan fingerprint density at radius 2 is 2.21 bits per heavy atom. The second-order valence-corrected chi connectivity index (χ2v) is 6.58. The number of carbonyl (C=O) groups excluding carboxylic acids is 1. The van der Waals surface area contributed by atoms with Gasteiger partial charge in [0, 0.05) is 9.75 Å². The van der Waals surface area contributed by atoms with E-state index in [1.807, 2.05) is 6.07 Å². The summed E-state index contributed by atoms with van der Waals surface area (Å²) in [6.45, 7) is 8.64. The molecule has 2 unspecified atom stereocenters. The molecule has 0 aromatic carbocycles. The van der Waals surface area contributed by atoms with Gasteiger partial charge in [-0.05, 0) is 24.5 Å². The van der Waals surface area contributed by atoms with Crippen LogP contribution >= 0.6 is 11.3 Å². The maximum atomic E-state index is 11.8. The van der Waals surface area contributed by atoms with Crippen LogP contribution in [0, 0.1) is 0 Å². The van der Waals surface area contributed by atoms with Crippen molar-refractivity contribution in [2.45, 2.75) is 45.3 Å². The van der Waals surface area contributed by atoms with Crippen LogP contribution in [-0.2, 0) is 19.7 Å². The highest BCUT2D eigenvalue weighted by Gasteiger charge is 2.36. The van der Waals surface area contributed by atoms with Crippen molar-refractivity contribution in [3.63, 3.8) is 0 Å². The summed E-state index contributed by atoms with van der Waals surface area (Å²) in [6.07, 6.45) is 1.00. The Morgan fingerprint density at radius 3 is 2.79 bits per heavy atom. The summed E-state index contributed by atoms with van der Waals surface area (Å²) >= 11 is 1.66. The van der Waals surface area contributed by atoms with Gasteiger partial charge in [-0.1, -0.05) is 20.8 Å². The molecule has 1 aromatic heterocycles. The molecule has 5 heteroatoms. The van der Waals surface area contributed by atoms with Crippen LogP contribution in [0.5, 0.6) is 0 Å². The molecule has 0 saturated heterocycles. The fourth-order valence-electron chi connectivity index (χ4n) is 1.86. The molecule has 0 fully saturated rings. The molecule has 0 bridgehead atoms. The Bertz CT molecular complexity index is 487. The van der Waals surface area contributed by atoms with Gasteiger partial charge in [-0.25, -0.2) is 9.79 Å². The lowest BCUT2D eigenvalue weighted by Crippen LogP contribution is -2.25. The van der Waals surface area contributed by atoms with Gasteiger partial charge < -0.3 is 9.47 Å². The zero-order valence-electron chi connectivity index (χ0n) is 11.7. The van der Waals surface area contributed by atoms with Gasteiger partial charge in [0.1, 0.15) is 0 Å². The van der Waals surface area contributed by atoms with E-state index in [2.05, 4.69) is 31.8 Å². The third-order valence-corrected chi connectivity index (χ3v) is 4.46. The Hall–Kier alpha value is -1.36. The van der Waals surface area contributed by atoms with Gasteiger partial charge in [0.25, 0.3) is 0 Å². The zero-order chi connectivity index (χ0) is 14.0. The first kappa shape index (κ1) is 14.1. The van der Waals surface area contributed by atoms with Crippen LogP contribution in [0.2, 0.25) is 0 Å². The number of hydrogen-bond donors (Lipinski definition) is 0. The normalized spacial score (nSPS) is 22.3. The highest BCUT2D eigenvalue weighted by Crippen LogP contribution is 2.37. The fourth-order valence-corrected chi connectivity index (χ4v) is 3.00. The van der Waals surface area contributed by atoms with E-state index < -0.39 is 6.04 Å². The Morgan fingerprint density at radius 1 is 1.47 bits per heavy atom. The maximum absolute atomic E-state index is 11.8. The van der Waals surface area contributed by atoms with Gasteiger partial charge in [0.15, 0.2) is 18.5 Å². The monoisotopic (exact) mass is 281 g/mol. The molecule has 2 atom stereocenters. The molecule has 0 spiro atoms. The van der Waals surface area contributed by atoms with Crippen LogP contribution in [0.3, 0.4) is 0 Å². The van der Waals surface area contributed by atoms with Crippen molar-refractivity contribution in [1.29, 1.82) is 0 Å². The maximum Gasteiger partial charge on any atom is 0.335 e. The molecule has 0 radical (unpaired) electrons. The number of ether oxygens (including phenoxy) is 2. The smallest absolute Gasteiger partial charge is 0.335 e. The summed E-state index contributed by atoms with van der Waals surface area (Å²) in [5, 5.41) is 0. The minimum Gasteiger partial charge on any atom is -0.472 e. The second kappa shape index (κ2) is 5.33. The summed E-state index contributed by atoms with van der Waals surface area (Å²) in [5.41, 5.74) is 0.0990. The standard InChI is InChI=1S/C14H19NO3S/c1-5-17-13(16)11-12(18-8-15-11)9-6-7-10(19-9)14(2,3)4/h6-8,11-12H,5H2,1-4H3. The molecule has 0 N–H and O–H groups in total. The number of rotatable bonds is 3. The van der Waals surface area contributed by atoms with Crippen LogP contribution in [0.25, 0.3) is 0 Å². The van der Waals surface area contributed by atoms with Gasteiger partial charge in [-0.2, -0.15) is 0 Å². The number of carbonyl (C=O) groups is 1. The van der Waals surface area contributed by atoms with Crippen LogP contribution in [0.1, 0.15) is 43.6 Å². The SMILES string of the molecule is CCOC(=O)C1N=COC1c1ccc(C(C)(C)C)s1. The minimum absolute atomic E-state index is 0.0990. The van der Waals surface area contributed by atoms with Crippen molar-refractivity contribution >= 4 is 23.7 Å². The molecule has 1 aliphatic heterocycles. The van der Waals surface area contributed by atoms with E-state index in [1.165, 1.54) is 11.3 Å². The predicted molar refractivity (Wildman–Crippen MR) is 75.8 cm³/mol. The molecule has 0 saturated carbocycles. The Balaban J connectivity index is 2.17. The highest BCUT2D eigenvalue weighted by molar-refractivity contribution is 7.12. The van der Waals surface area contributed by atoms with Crippen molar-refractivity contribution in [1.82, 2.24) is 0 Å². The lowest BCUT2D eigenvalue weighted by molar-refractivity contribution is -0.146. The largest absolute Gasteiger partial charge is 0.472 e. The minimum atomic E-state index is -0.577. The van der Waals surface area contributed by atoms with E-state index in [-0.39, 0.29) is 17.5 Å². The molecule has 19 heavy (non-hydrogen) atoms. The van der Waals surface area contributed by atoms with Gasteiger partial charge >= 0.3 is 5.97 Å². The van der Waals surface area contributed by atoms with E-state index >= 15 is 0 Å². The van der Waals surface area contributed by atoms with Crippen molar-refractivity contribution in [3.05, 3.63) is 21.9 Å². The van der Waals surface area contributed by atoms with Crippen molar-refractivity contribution in [2.24, 2.45) is 4.99 Å². The fraction of sp³-hybridized carbons (Fsp3) is 0.571. The predicted octanol–water partition coefficient (Wildman–Crippen LogP) is 3.08. The first-order valence-electron chi connectivity index (χ1n) is 6.37. The van der Waals surface area contributed by atoms with Gasteiger partial charge in [-0.15, -0.1) is 11.3 Å². The Kier molecular flexibility index (Phi) is 3.94. The van der Waals surface area contributed by atoms with Gasteiger partial charge in [0.05, 0.1) is 6.61 Å². The third kappa shape index (κ3) is 2.97. The second-order valence-electron chi connectivity index (χ2n) is 5.46. The number of aliphatic imine (C=N–C) groups is 1. The molecular formula is C14H19NO3S. The summed E-state index contributed by atoms with van der Waals surface area (Å²) < 4.78 is 10.5. The number of nitrogens with zero attached hydrogens (tertiary/aromatic N) is 1. The van der Waals surface area contributed by atoms with Crippen LogP contribution in [0.4, 0.5) is 0 Å². The van der Waals surface area contributed by atoms with E-state index in [4.69, 9.17) is 9.47 Å². The summed E-state index contributed by atoms with van der Waals surface area (Å²) in [7, 11) is 0. The number of esters is 1. The van der Waals surface area contributed by atoms with E-state index in [0.29, 0.717) is 6.61 Å². The van der Waals surface area contributed by atoms with Crippen LogP contribution in [-0.4, -0.2) is 25.0 Å². The quantitative estimate of drug-likeness (QED) is 0.800. The highest BCUT2D eigenvalue weighted by atomic mass is 32.1. The molecule has 0 aliphatic carbocycles. The van der Waals surface area contributed by atoms with Crippen molar-refractivity contribution < 1.29 is 14.3 Å². The van der Waals surface area contributed by atoms with Gasteiger partial charge in [-0.3, -0.25) is 0 Å². The van der Waals surface area contributed by atoms with Crippen molar-refractivity contribution in [2.75, 3.05) is 6.61 Å². The Labute approximate surface area is 117 Å². The number of thiophene rings is 1. The molecule has 2 rings (SSSR count). The number of hydrogen-bond acceptors (Lipinski definition) is 5. The van der Waals surface area contributed by atoms with Crippen LogP contribution < -0.4 is 0 Å². The van der Waals surface area contributed by atoms with E-state index in [1.54, 1.807) is 18.3 Å². The average Bonchev–Trinajstić information content (AvgIpc) is 2.97. The molecule has 2 heterocycles. The lowest BCUT2D eigenvalue weighted by Gasteiger charge is -2.17. The van der Waals surface area contributed by atoms with Gasteiger partial charge in [0.2, 0.25) is 0 Å². The molecule has 1 aliphatic rings. The lowest BCUT2D eigenvalue weighted by atomic mass is 9.95. The molecule has 104 valence electrons. The van der Waals surface area contributed by atoms with Crippen LogP contribution in [0.15, 0.2) is 17.1 Å². The zero-order valence-corrected chi connectivity index (χ0v) is 12.5. The van der Waals surface area contributed by atoms with E-state index in [0.717, 1.165) is 4.88 Å². The molecule has 0 amide bonds. The molecule has 1 aromatic rings. The summed E-state index contributed by atoms with van der Waals surface area (Å²) in [4.78, 5) is 18.2. The topological polar surface area (TPSA) is 47.9 Å².